The Kier molecular flexibility index (Phi) is 4.39. The number of amides is 1. The fourth-order valence-electron chi connectivity index (χ4n) is 2.69. The average molecular weight is 320 g/mol. The quantitative estimate of drug-likeness (QED) is 0.864. The Hall–Kier alpha value is -1.08. The van der Waals surface area contributed by atoms with Crippen molar-refractivity contribution in [3.63, 3.8) is 0 Å². The summed E-state index contributed by atoms with van der Waals surface area (Å²) in [6.07, 6.45) is 3.80. The van der Waals surface area contributed by atoms with E-state index in [0.717, 1.165) is 25.7 Å². The van der Waals surface area contributed by atoms with Crippen LogP contribution >= 0.6 is 10.7 Å². The average Bonchev–Trinajstić information content (AvgIpc) is 2.79. The molecule has 1 aromatic rings. The molecule has 6 nitrogen and oxygen atoms in total. The van der Waals surface area contributed by atoms with Gasteiger partial charge in [-0.2, -0.15) is 5.10 Å². The molecule has 1 fully saturated rings. The van der Waals surface area contributed by atoms with Crippen LogP contribution in [0.15, 0.2) is 4.90 Å². The van der Waals surface area contributed by atoms with Crippen LogP contribution in [0.4, 0.5) is 0 Å². The highest BCUT2D eigenvalue weighted by Crippen LogP contribution is 2.26. The summed E-state index contributed by atoms with van der Waals surface area (Å²) in [6, 6.07) is 0.138. The van der Waals surface area contributed by atoms with E-state index < -0.39 is 9.05 Å². The number of rotatable bonds is 3. The molecule has 0 radical (unpaired) electrons. The first kappa shape index (κ1) is 15.3. The Labute approximate surface area is 122 Å². The van der Waals surface area contributed by atoms with Gasteiger partial charge in [-0.1, -0.05) is 6.92 Å². The molecule has 1 N–H and O–H groups in total. The van der Waals surface area contributed by atoms with E-state index in [1.165, 1.54) is 6.92 Å². The largest absolute Gasteiger partial charge is 0.334 e. The number of aromatic nitrogens is 2. The van der Waals surface area contributed by atoms with E-state index in [0.29, 0.717) is 6.54 Å². The summed E-state index contributed by atoms with van der Waals surface area (Å²) in [5.74, 6) is -0.361. The van der Waals surface area contributed by atoms with Gasteiger partial charge < -0.3 is 4.90 Å². The first-order chi connectivity index (χ1) is 9.36. The number of nitrogens with zero attached hydrogens (tertiary/aromatic N) is 2. The van der Waals surface area contributed by atoms with Crippen LogP contribution < -0.4 is 0 Å². The third-order valence-electron chi connectivity index (χ3n) is 3.70. The summed E-state index contributed by atoms with van der Waals surface area (Å²) in [7, 11) is 1.41. The van der Waals surface area contributed by atoms with Gasteiger partial charge in [0.15, 0.2) is 5.69 Å². The smallest absolute Gasteiger partial charge is 0.276 e. The second-order valence-corrected chi connectivity index (χ2v) is 7.52. The van der Waals surface area contributed by atoms with Crippen LogP contribution in [0.5, 0.6) is 0 Å². The number of piperidine rings is 1. The van der Waals surface area contributed by atoms with Crippen molar-refractivity contribution < 1.29 is 13.2 Å². The highest BCUT2D eigenvalue weighted by Gasteiger charge is 2.33. The molecule has 1 aromatic heterocycles. The number of halogens is 1. The van der Waals surface area contributed by atoms with Crippen molar-refractivity contribution in [1.82, 2.24) is 15.1 Å². The molecule has 2 heterocycles. The van der Waals surface area contributed by atoms with E-state index in [1.807, 2.05) is 6.92 Å². The van der Waals surface area contributed by atoms with Gasteiger partial charge in [0.1, 0.15) is 4.90 Å². The van der Waals surface area contributed by atoms with Gasteiger partial charge in [-0.3, -0.25) is 9.89 Å². The molecule has 0 aromatic carbocycles. The molecule has 8 heteroatoms. The van der Waals surface area contributed by atoms with Crippen molar-refractivity contribution >= 4 is 25.6 Å². The summed E-state index contributed by atoms with van der Waals surface area (Å²) < 4.78 is 23.2. The fraction of sp³-hybridized carbons (Fsp3) is 0.667. The molecule has 112 valence electrons. The Morgan fingerprint density at radius 3 is 2.80 bits per heavy atom. The molecule has 0 bridgehead atoms. The predicted octanol–water partition coefficient (Wildman–Crippen LogP) is 2.05. The van der Waals surface area contributed by atoms with Crippen LogP contribution in [0.3, 0.4) is 0 Å². The molecule has 2 rings (SSSR count). The predicted molar refractivity (Wildman–Crippen MR) is 75.3 cm³/mol. The van der Waals surface area contributed by atoms with Crippen LogP contribution in [-0.2, 0) is 9.05 Å². The van der Waals surface area contributed by atoms with Crippen LogP contribution in [0, 0.1) is 6.92 Å². The zero-order valence-corrected chi connectivity index (χ0v) is 13.1. The number of aromatic amines is 1. The second kappa shape index (κ2) is 5.73. The molecule has 1 aliphatic heterocycles. The van der Waals surface area contributed by atoms with Crippen molar-refractivity contribution in [3.05, 3.63) is 11.4 Å². The van der Waals surface area contributed by atoms with Crippen molar-refractivity contribution in [3.8, 4) is 0 Å². The SMILES string of the molecule is CCC1CCCCN1C(=O)c1n[nH]c(C)c1S(=O)(=O)Cl. The number of nitrogens with one attached hydrogen (secondary N) is 1. The van der Waals surface area contributed by atoms with Gasteiger partial charge in [-0.05, 0) is 32.6 Å². The topological polar surface area (TPSA) is 83.1 Å². The van der Waals surface area contributed by atoms with Crippen molar-refractivity contribution in [2.24, 2.45) is 0 Å². The van der Waals surface area contributed by atoms with Crippen LogP contribution in [0.25, 0.3) is 0 Å². The van der Waals surface area contributed by atoms with Gasteiger partial charge in [0.05, 0.1) is 5.69 Å². The minimum atomic E-state index is -4.00. The van der Waals surface area contributed by atoms with E-state index in [9.17, 15) is 13.2 Å². The molecule has 0 spiro atoms. The Bertz CT molecular complexity index is 611. The first-order valence-electron chi connectivity index (χ1n) is 6.66. The Balaban J connectivity index is 2.39. The standard InChI is InChI=1S/C12H18ClN3O3S/c1-3-9-6-4-5-7-16(9)12(17)10-11(20(13,18)19)8(2)14-15-10/h9H,3-7H2,1-2H3,(H,14,15). The number of aryl methyl sites for hydroxylation is 1. The molecule has 1 aliphatic rings. The minimum absolute atomic E-state index is 0.0992. The van der Waals surface area contributed by atoms with Gasteiger partial charge in [0.2, 0.25) is 0 Å². The molecular formula is C12H18ClN3O3S. The van der Waals surface area contributed by atoms with Crippen LogP contribution in [-0.4, -0.2) is 42.0 Å². The van der Waals surface area contributed by atoms with Crippen molar-refractivity contribution in [1.29, 1.82) is 0 Å². The van der Waals surface area contributed by atoms with Crippen LogP contribution in [0.1, 0.15) is 48.8 Å². The maximum atomic E-state index is 12.6. The maximum absolute atomic E-state index is 12.6. The third kappa shape index (κ3) is 2.83. The van der Waals surface area contributed by atoms with E-state index in [4.69, 9.17) is 10.7 Å². The van der Waals surface area contributed by atoms with E-state index in [-0.39, 0.29) is 28.2 Å². The second-order valence-electron chi connectivity index (χ2n) is 5.02. The van der Waals surface area contributed by atoms with Gasteiger partial charge >= 0.3 is 0 Å². The number of carbonyl (C=O) groups excluding carboxylic acids is 1. The molecule has 1 unspecified atom stereocenters. The van der Waals surface area contributed by atoms with Crippen LogP contribution in [0.2, 0.25) is 0 Å². The molecule has 0 saturated carbocycles. The van der Waals surface area contributed by atoms with Crippen molar-refractivity contribution in [2.75, 3.05) is 6.54 Å². The number of hydrogen-bond acceptors (Lipinski definition) is 4. The number of H-pyrrole nitrogens is 1. The first-order valence-corrected chi connectivity index (χ1v) is 8.97. The lowest BCUT2D eigenvalue weighted by molar-refractivity contribution is 0.0598. The minimum Gasteiger partial charge on any atom is -0.334 e. The molecule has 1 atom stereocenters. The highest BCUT2D eigenvalue weighted by molar-refractivity contribution is 8.13. The number of hydrogen-bond donors (Lipinski definition) is 1. The molecule has 0 aliphatic carbocycles. The molecular weight excluding hydrogens is 302 g/mol. The summed E-state index contributed by atoms with van der Waals surface area (Å²) >= 11 is 0. The Morgan fingerprint density at radius 2 is 2.20 bits per heavy atom. The third-order valence-corrected chi connectivity index (χ3v) is 5.15. The maximum Gasteiger partial charge on any atom is 0.276 e. The van der Waals surface area contributed by atoms with E-state index >= 15 is 0 Å². The van der Waals surface area contributed by atoms with E-state index in [1.54, 1.807) is 4.90 Å². The summed E-state index contributed by atoms with van der Waals surface area (Å²) in [6.45, 7) is 4.18. The molecule has 1 amide bonds. The zero-order valence-electron chi connectivity index (χ0n) is 11.5. The summed E-state index contributed by atoms with van der Waals surface area (Å²) in [5.41, 5.74) is 0.186. The zero-order chi connectivity index (χ0) is 14.9. The van der Waals surface area contributed by atoms with E-state index in [2.05, 4.69) is 10.2 Å². The number of carbonyl (C=O) groups is 1. The monoisotopic (exact) mass is 319 g/mol. The van der Waals surface area contributed by atoms with Gasteiger partial charge in [0, 0.05) is 23.3 Å². The fourth-order valence-corrected chi connectivity index (χ4v) is 4.03. The van der Waals surface area contributed by atoms with Crippen molar-refractivity contribution in [2.45, 2.75) is 50.5 Å². The van der Waals surface area contributed by atoms with Gasteiger partial charge in [-0.25, -0.2) is 8.42 Å². The molecule has 1 saturated heterocycles. The summed E-state index contributed by atoms with van der Waals surface area (Å²) in [4.78, 5) is 14.1. The van der Waals surface area contributed by atoms with Gasteiger partial charge in [0.25, 0.3) is 15.0 Å². The lowest BCUT2D eigenvalue weighted by atomic mass is 9.99. The van der Waals surface area contributed by atoms with Gasteiger partial charge in [-0.15, -0.1) is 0 Å². The Morgan fingerprint density at radius 1 is 1.50 bits per heavy atom. The normalized spacial score (nSPS) is 20.1. The highest BCUT2D eigenvalue weighted by atomic mass is 35.7. The number of likely N-dealkylation sites (tertiary alicyclic amines) is 1. The molecule has 20 heavy (non-hydrogen) atoms. The summed E-state index contributed by atoms with van der Waals surface area (Å²) in [5, 5.41) is 6.38. The lowest BCUT2D eigenvalue weighted by Crippen LogP contribution is -2.43. The lowest BCUT2D eigenvalue weighted by Gasteiger charge is -2.34.